The van der Waals surface area contributed by atoms with Crippen LogP contribution in [-0.4, -0.2) is 21.0 Å². The van der Waals surface area contributed by atoms with Crippen molar-refractivity contribution in [2.75, 3.05) is 0 Å². The molecule has 1 aliphatic carbocycles. The van der Waals surface area contributed by atoms with Gasteiger partial charge in [0.1, 0.15) is 5.82 Å². The lowest BCUT2D eigenvalue weighted by Crippen LogP contribution is -2.09. The molecular weight excluding hydrogens is 216 g/mol. The normalized spacial score (nSPS) is 16.9. The molecule has 0 aromatic carbocycles. The molecule has 0 unspecified atom stereocenters. The van der Waals surface area contributed by atoms with Crippen molar-refractivity contribution in [3.63, 3.8) is 0 Å². The van der Waals surface area contributed by atoms with Gasteiger partial charge in [0.2, 0.25) is 0 Å². The first-order chi connectivity index (χ1) is 8.25. The van der Waals surface area contributed by atoms with Crippen LogP contribution in [0.3, 0.4) is 0 Å². The van der Waals surface area contributed by atoms with E-state index in [4.69, 9.17) is 5.11 Å². The highest BCUT2D eigenvalue weighted by Crippen LogP contribution is 2.30. The van der Waals surface area contributed by atoms with Crippen molar-refractivity contribution in [1.29, 1.82) is 0 Å². The molecule has 0 radical (unpaired) electrons. The van der Waals surface area contributed by atoms with Gasteiger partial charge in [-0.3, -0.25) is 4.79 Å². The lowest BCUT2D eigenvalue weighted by Gasteiger charge is -2.19. The molecule has 0 amide bonds. The summed E-state index contributed by atoms with van der Waals surface area (Å²) in [6.07, 6.45) is 10.5. The summed E-state index contributed by atoms with van der Waals surface area (Å²) in [5, 5.41) is 8.59. The molecule has 0 saturated heterocycles. The Morgan fingerprint density at radius 3 is 2.47 bits per heavy atom. The van der Waals surface area contributed by atoms with Crippen LogP contribution in [0.15, 0.2) is 12.4 Å². The molecule has 92 valence electrons. The van der Waals surface area contributed by atoms with Gasteiger partial charge in [-0.2, -0.15) is 0 Å². The number of carboxylic acids is 1. The Balaban J connectivity index is 1.94. The molecule has 1 N–H and O–H groups in total. The molecule has 4 heteroatoms. The molecule has 1 aliphatic rings. The summed E-state index contributed by atoms with van der Waals surface area (Å²) >= 11 is 0. The van der Waals surface area contributed by atoms with Gasteiger partial charge in [-0.25, -0.2) is 9.97 Å². The number of hydrogen-bond acceptors (Lipinski definition) is 3. The van der Waals surface area contributed by atoms with Crippen LogP contribution < -0.4 is 0 Å². The Kier molecular flexibility index (Phi) is 4.07. The molecular formula is C13H18N2O2. The van der Waals surface area contributed by atoms with Gasteiger partial charge in [-0.15, -0.1) is 0 Å². The van der Waals surface area contributed by atoms with Crippen molar-refractivity contribution in [1.82, 2.24) is 9.97 Å². The van der Waals surface area contributed by atoms with E-state index in [0.29, 0.717) is 12.3 Å². The van der Waals surface area contributed by atoms with E-state index in [2.05, 4.69) is 9.97 Å². The van der Waals surface area contributed by atoms with Crippen molar-refractivity contribution in [3.8, 4) is 0 Å². The number of rotatable bonds is 4. The van der Waals surface area contributed by atoms with Crippen molar-refractivity contribution in [2.24, 2.45) is 0 Å². The first-order valence-electron chi connectivity index (χ1n) is 6.28. The van der Waals surface area contributed by atoms with Gasteiger partial charge in [-0.1, -0.05) is 19.3 Å². The number of carboxylic acid groups (broad SMARTS) is 1. The summed E-state index contributed by atoms with van der Waals surface area (Å²) in [5.74, 6) is 0.669. The lowest BCUT2D eigenvalue weighted by atomic mass is 9.89. The van der Waals surface area contributed by atoms with Gasteiger partial charge in [0.15, 0.2) is 0 Å². The Morgan fingerprint density at radius 1 is 1.24 bits per heavy atom. The van der Waals surface area contributed by atoms with E-state index in [9.17, 15) is 4.79 Å². The first-order valence-corrected chi connectivity index (χ1v) is 6.28. The SMILES string of the molecule is O=C(O)CCc1cnc(C2CCCCC2)nc1. The Morgan fingerprint density at radius 2 is 1.88 bits per heavy atom. The minimum absolute atomic E-state index is 0.145. The second-order valence-corrected chi connectivity index (χ2v) is 4.68. The van der Waals surface area contributed by atoms with Gasteiger partial charge >= 0.3 is 5.97 Å². The number of hydrogen-bond donors (Lipinski definition) is 1. The fourth-order valence-corrected chi connectivity index (χ4v) is 2.32. The van der Waals surface area contributed by atoms with Crippen LogP contribution in [0.1, 0.15) is 55.8 Å². The fourth-order valence-electron chi connectivity index (χ4n) is 2.32. The third-order valence-corrected chi connectivity index (χ3v) is 3.32. The highest BCUT2D eigenvalue weighted by atomic mass is 16.4. The number of aromatic nitrogens is 2. The number of aryl methyl sites for hydroxylation is 1. The van der Waals surface area contributed by atoms with Gasteiger partial charge in [0.25, 0.3) is 0 Å². The zero-order valence-corrected chi connectivity index (χ0v) is 9.93. The Bertz CT molecular complexity index is 370. The van der Waals surface area contributed by atoms with E-state index in [0.717, 1.165) is 11.4 Å². The largest absolute Gasteiger partial charge is 0.481 e. The van der Waals surface area contributed by atoms with Gasteiger partial charge in [0.05, 0.1) is 0 Å². The Hall–Kier alpha value is -1.45. The number of aliphatic carboxylic acids is 1. The van der Waals surface area contributed by atoms with Gasteiger partial charge < -0.3 is 5.11 Å². The summed E-state index contributed by atoms with van der Waals surface area (Å²) in [4.78, 5) is 19.2. The van der Waals surface area contributed by atoms with Crippen molar-refractivity contribution >= 4 is 5.97 Å². The van der Waals surface area contributed by atoms with Gasteiger partial charge in [0, 0.05) is 24.7 Å². The summed E-state index contributed by atoms with van der Waals surface area (Å²) in [6, 6.07) is 0. The maximum atomic E-state index is 10.4. The molecule has 17 heavy (non-hydrogen) atoms. The summed E-state index contributed by atoms with van der Waals surface area (Å²) in [7, 11) is 0. The average Bonchev–Trinajstić information content (AvgIpc) is 2.38. The molecule has 4 nitrogen and oxygen atoms in total. The molecule has 0 aliphatic heterocycles. The summed E-state index contributed by atoms with van der Waals surface area (Å²) < 4.78 is 0. The first kappa shape index (κ1) is 12.0. The molecule has 1 saturated carbocycles. The third kappa shape index (κ3) is 3.51. The quantitative estimate of drug-likeness (QED) is 0.869. The predicted octanol–water partition coefficient (Wildman–Crippen LogP) is 2.54. The summed E-state index contributed by atoms with van der Waals surface area (Å²) in [5.41, 5.74) is 0.909. The monoisotopic (exact) mass is 234 g/mol. The van der Waals surface area contributed by atoms with Crippen molar-refractivity contribution in [3.05, 3.63) is 23.8 Å². The van der Waals surface area contributed by atoms with E-state index in [1.807, 2.05) is 0 Å². The molecule has 1 heterocycles. The molecule has 1 aromatic heterocycles. The Labute approximate surface area is 101 Å². The molecule has 0 atom stereocenters. The molecule has 0 spiro atoms. The van der Waals surface area contributed by atoms with E-state index >= 15 is 0 Å². The van der Waals surface area contributed by atoms with Crippen LogP contribution in [0, 0.1) is 0 Å². The predicted molar refractivity (Wildman–Crippen MR) is 63.8 cm³/mol. The smallest absolute Gasteiger partial charge is 0.303 e. The third-order valence-electron chi connectivity index (χ3n) is 3.32. The van der Waals surface area contributed by atoms with Crippen LogP contribution in [-0.2, 0) is 11.2 Å². The molecule has 1 aromatic rings. The highest BCUT2D eigenvalue weighted by molar-refractivity contribution is 5.67. The maximum Gasteiger partial charge on any atom is 0.303 e. The minimum Gasteiger partial charge on any atom is -0.481 e. The second-order valence-electron chi connectivity index (χ2n) is 4.68. The van der Waals surface area contributed by atoms with Crippen LogP contribution in [0.2, 0.25) is 0 Å². The van der Waals surface area contributed by atoms with Crippen molar-refractivity contribution in [2.45, 2.75) is 50.9 Å². The maximum absolute atomic E-state index is 10.4. The summed E-state index contributed by atoms with van der Waals surface area (Å²) in [6.45, 7) is 0. The van der Waals surface area contributed by atoms with Crippen molar-refractivity contribution < 1.29 is 9.90 Å². The van der Waals surface area contributed by atoms with Crippen LogP contribution in [0.5, 0.6) is 0 Å². The van der Waals surface area contributed by atoms with Gasteiger partial charge in [-0.05, 0) is 24.8 Å². The number of carbonyl (C=O) groups is 1. The minimum atomic E-state index is -0.777. The van der Waals surface area contributed by atoms with E-state index in [1.165, 1.54) is 32.1 Å². The molecule has 1 fully saturated rings. The zero-order chi connectivity index (χ0) is 12.1. The van der Waals surface area contributed by atoms with Crippen LogP contribution in [0.25, 0.3) is 0 Å². The topological polar surface area (TPSA) is 63.1 Å². The average molecular weight is 234 g/mol. The van der Waals surface area contributed by atoms with E-state index < -0.39 is 5.97 Å². The lowest BCUT2D eigenvalue weighted by molar-refractivity contribution is -0.136. The number of nitrogens with zero attached hydrogens (tertiary/aromatic N) is 2. The zero-order valence-electron chi connectivity index (χ0n) is 9.93. The van der Waals surface area contributed by atoms with Crippen LogP contribution in [0.4, 0.5) is 0 Å². The molecule has 2 rings (SSSR count). The highest BCUT2D eigenvalue weighted by Gasteiger charge is 2.17. The van der Waals surface area contributed by atoms with Crippen LogP contribution >= 0.6 is 0 Å². The molecule has 0 bridgehead atoms. The van der Waals surface area contributed by atoms with E-state index in [1.54, 1.807) is 12.4 Å². The second kappa shape index (κ2) is 5.75. The fraction of sp³-hybridized carbons (Fsp3) is 0.615. The van der Waals surface area contributed by atoms with E-state index in [-0.39, 0.29) is 6.42 Å². The standard InChI is InChI=1S/C13H18N2O2/c16-12(17)7-6-10-8-14-13(15-9-10)11-4-2-1-3-5-11/h8-9,11H,1-7H2,(H,16,17).